The molecule has 2 N–H and O–H groups in total. The third-order valence-corrected chi connectivity index (χ3v) is 1.53. The number of amides is 2. The highest BCUT2D eigenvalue weighted by atomic mass is 16.2. The van der Waals surface area contributed by atoms with Gasteiger partial charge in [0, 0.05) is 12.0 Å². The number of carbonyl (C=O) groups is 2. The van der Waals surface area contributed by atoms with E-state index in [4.69, 9.17) is 0 Å². The SMILES string of the molecule is C=CCNC(=O)CNC(=O)C(C)(C)C. The smallest absolute Gasteiger partial charge is 0.239 e. The largest absolute Gasteiger partial charge is 0.351 e. The molecule has 4 nitrogen and oxygen atoms in total. The Bertz CT molecular complexity index is 229. The molecule has 0 spiro atoms. The molecule has 0 heterocycles. The normalized spacial score (nSPS) is 10.5. The first kappa shape index (κ1) is 12.7. The Labute approximate surface area is 84.8 Å². The highest BCUT2D eigenvalue weighted by molar-refractivity contribution is 5.87. The van der Waals surface area contributed by atoms with Crippen molar-refractivity contribution < 1.29 is 9.59 Å². The minimum absolute atomic E-state index is 0.0178. The minimum atomic E-state index is -0.460. The van der Waals surface area contributed by atoms with Gasteiger partial charge in [0.25, 0.3) is 0 Å². The van der Waals surface area contributed by atoms with Crippen LogP contribution in [0.1, 0.15) is 20.8 Å². The van der Waals surface area contributed by atoms with Crippen LogP contribution in [-0.2, 0) is 9.59 Å². The molecule has 0 fully saturated rings. The number of rotatable bonds is 4. The van der Waals surface area contributed by atoms with Crippen LogP contribution in [0.25, 0.3) is 0 Å². The van der Waals surface area contributed by atoms with Crippen LogP contribution < -0.4 is 10.6 Å². The molecule has 14 heavy (non-hydrogen) atoms. The second kappa shape index (κ2) is 5.42. The van der Waals surface area contributed by atoms with Gasteiger partial charge in [-0.15, -0.1) is 6.58 Å². The van der Waals surface area contributed by atoms with Gasteiger partial charge in [0.05, 0.1) is 6.54 Å². The summed E-state index contributed by atoms with van der Waals surface area (Å²) >= 11 is 0. The van der Waals surface area contributed by atoms with Crippen LogP contribution in [0, 0.1) is 5.41 Å². The summed E-state index contributed by atoms with van der Waals surface area (Å²) in [5.41, 5.74) is -0.460. The maximum absolute atomic E-state index is 11.3. The van der Waals surface area contributed by atoms with E-state index in [9.17, 15) is 9.59 Å². The summed E-state index contributed by atoms with van der Waals surface area (Å²) in [6, 6.07) is 0. The fraction of sp³-hybridized carbons (Fsp3) is 0.600. The maximum Gasteiger partial charge on any atom is 0.239 e. The number of nitrogens with one attached hydrogen (secondary N) is 2. The van der Waals surface area contributed by atoms with Gasteiger partial charge in [0.1, 0.15) is 0 Å². The average Bonchev–Trinajstić information content (AvgIpc) is 2.09. The topological polar surface area (TPSA) is 58.2 Å². The maximum atomic E-state index is 11.3. The molecule has 0 radical (unpaired) electrons. The second-order valence-electron chi connectivity index (χ2n) is 4.03. The lowest BCUT2D eigenvalue weighted by Gasteiger charge is -2.17. The predicted octanol–water partition coefficient (Wildman–Crippen LogP) is 0.451. The third-order valence-electron chi connectivity index (χ3n) is 1.53. The van der Waals surface area contributed by atoms with E-state index in [1.165, 1.54) is 0 Å². The third kappa shape index (κ3) is 5.35. The molecule has 2 amide bonds. The summed E-state index contributed by atoms with van der Waals surface area (Å²) in [5, 5.41) is 5.11. The van der Waals surface area contributed by atoms with Gasteiger partial charge < -0.3 is 10.6 Å². The van der Waals surface area contributed by atoms with Crippen molar-refractivity contribution in [1.82, 2.24) is 10.6 Å². The molecule has 0 aliphatic heterocycles. The Morgan fingerprint density at radius 1 is 1.29 bits per heavy atom. The molecular weight excluding hydrogens is 180 g/mol. The van der Waals surface area contributed by atoms with Gasteiger partial charge in [-0.2, -0.15) is 0 Å². The Morgan fingerprint density at radius 2 is 1.86 bits per heavy atom. The molecule has 0 aromatic rings. The van der Waals surface area contributed by atoms with Crippen molar-refractivity contribution in [3.05, 3.63) is 12.7 Å². The molecule has 0 atom stereocenters. The first-order valence-electron chi connectivity index (χ1n) is 4.54. The Hall–Kier alpha value is -1.32. The zero-order valence-electron chi connectivity index (χ0n) is 9.02. The lowest BCUT2D eigenvalue weighted by Crippen LogP contribution is -2.41. The highest BCUT2D eigenvalue weighted by Crippen LogP contribution is 2.11. The van der Waals surface area contributed by atoms with E-state index < -0.39 is 5.41 Å². The van der Waals surface area contributed by atoms with Crippen LogP contribution in [0.5, 0.6) is 0 Å². The van der Waals surface area contributed by atoms with Crippen molar-refractivity contribution in [2.75, 3.05) is 13.1 Å². The zero-order valence-corrected chi connectivity index (χ0v) is 9.02. The summed E-state index contributed by atoms with van der Waals surface area (Å²) in [6.45, 7) is 9.29. The number of hydrogen-bond donors (Lipinski definition) is 2. The average molecular weight is 198 g/mol. The predicted molar refractivity (Wildman–Crippen MR) is 55.7 cm³/mol. The summed E-state index contributed by atoms with van der Waals surface area (Å²) in [4.78, 5) is 22.4. The van der Waals surface area contributed by atoms with Gasteiger partial charge in [-0.05, 0) is 0 Å². The van der Waals surface area contributed by atoms with Gasteiger partial charge in [0.2, 0.25) is 11.8 Å². The van der Waals surface area contributed by atoms with E-state index in [1.54, 1.807) is 26.8 Å². The van der Waals surface area contributed by atoms with E-state index in [0.29, 0.717) is 6.54 Å². The lowest BCUT2D eigenvalue weighted by atomic mass is 9.96. The molecular formula is C10H18N2O2. The van der Waals surface area contributed by atoms with Crippen molar-refractivity contribution in [1.29, 1.82) is 0 Å². The molecule has 0 aromatic carbocycles. The molecule has 80 valence electrons. The molecule has 0 saturated carbocycles. The molecule has 0 unspecified atom stereocenters. The quantitative estimate of drug-likeness (QED) is 0.644. The Balaban J connectivity index is 3.78. The van der Waals surface area contributed by atoms with E-state index in [2.05, 4.69) is 17.2 Å². The van der Waals surface area contributed by atoms with Crippen molar-refractivity contribution >= 4 is 11.8 Å². The number of carbonyl (C=O) groups excluding carboxylic acids is 2. The fourth-order valence-corrected chi connectivity index (χ4v) is 0.674. The van der Waals surface area contributed by atoms with Crippen LogP contribution in [0.2, 0.25) is 0 Å². The lowest BCUT2D eigenvalue weighted by molar-refractivity contribution is -0.131. The van der Waals surface area contributed by atoms with E-state index >= 15 is 0 Å². The first-order valence-corrected chi connectivity index (χ1v) is 4.54. The zero-order chi connectivity index (χ0) is 11.2. The van der Waals surface area contributed by atoms with E-state index in [0.717, 1.165) is 0 Å². The van der Waals surface area contributed by atoms with Crippen LogP contribution >= 0.6 is 0 Å². The standard InChI is InChI=1S/C10H18N2O2/c1-5-6-11-8(13)7-12-9(14)10(2,3)4/h5H,1,6-7H2,2-4H3,(H,11,13)(H,12,14). The molecule has 0 bridgehead atoms. The molecule has 4 heteroatoms. The van der Waals surface area contributed by atoms with Crippen LogP contribution in [-0.4, -0.2) is 24.9 Å². The van der Waals surface area contributed by atoms with Crippen LogP contribution in [0.4, 0.5) is 0 Å². The van der Waals surface area contributed by atoms with Crippen LogP contribution in [0.15, 0.2) is 12.7 Å². The molecule has 0 rings (SSSR count). The van der Waals surface area contributed by atoms with E-state index in [-0.39, 0.29) is 18.4 Å². The minimum Gasteiger partial charge on any atom is -0.351 e. The van der Waals surface area contributed by atoms with Crippen molar-refractivity contribution in [3.8, 4) is 0 Å². The summed E-state index contributed by atoms with van der Waals surface area (Å²) < 4.78 is 0. The second-order valence-corrected chi connectivity index (χ2v) is 4.03. The van der Waals surface area contributed by atoms with Gasteiger partial charge in [-0.25, -0.2) is 0 Å². The highest BCUT2D eigenvalue weighted by Gasteiger charge is 2.21. The van der Waals surface area contributed by atoms with Crippen molar-refractivity contribution in [2.45, 2.75) is 20.8 Å². The fourth-order valence-electron chi connectivity index (χ4n) is 0.674. The van der Waals surface area contributed by atoms with Gasteiger partial charge in [-0.3, -0.25) is 9.59 Å². The van der Waals surface area contributed by atoms with Gasteiger partial charge in [0.15, 0.2) is 0 Å². The van der Waals surface area contributed by atoms with Gasteiger partial charge in [-0.1, -0.05) is 26.8 Å². The van der Waals surface area contributed by atoms with Gasteiger partial charge >= 0.3 is 0 Å². The molecule has 0 aromatic heterocycles. The summed E-state index contributed by atoms with van der Waals surface area (Å²) in [7, 11) is 0. The Morgan fingerprint density at radius 3 is 2.29 bits per heavy atom. The number of hydrogen-bond acceptors (Lipinski definition) is 2. The van der Waals surface area contributed by atoms with Crippen molar-refractivity contribution in [2.24, 2.45) is 5.41 Å². The first-order chi connectivity index (χ1) is 6.38. The molecule has 0 saturated heterocycles. The monoisotopic (exact) mass is 198 g/mol. The summed E-state index contributed by atoms with van der Waals surface area (Å²) in [5.74, 6) is -0.339. The molecule has 0 aliphatic rings. The van der Waals surface area contributed by atoms with Crippen molar-refractivity contribution in [3.63, 3.8) is 0 Å². The Kier molecular flexibility index (Phi) is 4.91. The van der Waals surface area contributed by atoms with E-state index in [1.807, 2.05) is 0 Å². The summed E-state index contributed by atoms with van der Waals surface area (Å²) in [6.07, 6.45) is 1.59. The van der Waals surface area contributed by atoms with Crippen LogP contribution in [0.3, 0.4) is 0 Å². The molecule has 0 aliphatic carbocycles.